The van der Waals surface area contributed by atoms with Crippen LogP contribution in [0.2, 0.25) is 0 Å². The molecule has 0 bridgehead atoms. The van der Waals surface area contributed by atoms with Crippen LogP contribution in [0.1, 0.15) is 33.3 Å². The van der Waals surface area contributed by atoms with Crippen molar-refractivity contribution < 1.29 is 4.79 Å². The number of hydrogen-bond acceptors (Lipinski definition) is 3. The van der Waals surface area contributed by atoms with Crippen molar-refractivity contribution in [1.82, 2.24) is 4.90 Å². The van der Waals surface area contributed by atoms with Gasteiger partial charge in [-0.1, -0.05) is 6.07 Å². The van der Waals surface area contributed by atoms with Gasteiger partial charge in [0.05, 0.1) is 5.75 Å². The van der Waals surface area contributed by atoms with Gasteiger partial charge in [0.15, 0.2) is 0 Å². The van der Waals surface area contributed by atoms with Gasteiger partial charge in [-0.05, 0) is 52.3 Å². The average molecular weight is 280 g/mol. The Hall–Kier alpha value is -1.16. The monoisotopic (exact) mass is 280 g/mol. The summed E-state index contributed by atoms with van der Waals surface area (Å²) in [7, 11) is 0. The molecule has 0 fully saturated rings. The zero-order valence-corrected chi connectivity index (χ0v) is 13.3. The summed E-state index contributed by atoms with van der Waals surface area (Å²) in [5, 5.41) is 0. The predicted molar refractivity (Wildman–Crippen MR) is 83.4 cm³/mol. The summed E-state index contributed by atoms with van der Waals surface area (Å²) >= 11 is 1.52. The Morgan fingerprint density at radius 1 is 1.26 bits per heavy atom. The largest absolute Gasteiger partial charge is 0.398 e. The molecule has 4 heteroatoms. The fourth-order valence-corrected chi connectivity index (χ4v) is 3.08. The van der Waals surface area contributed by atoms with E-state index in [2.05, 4.69) is 0 Å². The van der Waals surface area contributed by atoms with Crippen molar-refractivity contribution in [2.24, 2.45) is 0 Å². The summed E-state index contributed by atoms with van der Waals surface area (Å²) in [6, 6.07) is 6.36. The molecule has 3 nitrogen and oxygen atoms in total. The van der Waals surface area contributed by atoms with E-state index < -0.39 is 0 Å². The summed E-state index contributed by atoms with van der Waals surface area (Å²) < 4.78 is 0. The van der Waals surface area contributed by atoms with Gasteiger partial charge in [-0.3, -0.25) is 4.79 Å². The molecule has 1 rings (SSSR count). The molecule has 0 aliphatic heterocycles. The molecule has 0 spiro atoms. The zero-order valence-electron chi connectivity index (χ0n) is 12.4. The number of hydrogen-bond donors (Lipinski definition) is 1. The number of thioether (sulfide) groups is 1. The fourth-order valence-electron chi connectivity index (χ4n) is 2.15. The molecule has 0 atom stereocenters. The van der Waals surface area contributed by atoms with Gasteiger partial charge in [0.1, 0.15) is 0 Å². The van der Waals surface area contributed by atoms with Crippen LogP contribution in [0.3, 0.4) is 0 Å². The van der Waals surface area contributed by atoms with Crippen molar-refractivity contribution >= 4 is 23.4 Å². The number of carbonyl (C=O) groups is 1. The lowest BCUT2D eigenvalue weighted by atomic mass is 10.2. The highest BCUT2D eigenvalue weighted by molar-refractivity contribution is 8.00. The van der Waals surface area contributed by atoms with Crippen molar-refractivity contribution in [2.75, 3.05) is 11.5 Å². The zero-order chi connectivity index (χ0) is 14.6. The Bertz CT molecular complexity index is 436. The molecule has 0 heterocycles. The first-order valence-corrected chi connectivity index (χ1v) is 7.61. The highest BCUT2D eigenvalue weighted by Gasteiger charge is 2.20. The highest BCUT2D eigenvalue weighted by atomic mass is 32.2. The number of aryl methyl sites for hydroxylation is 1. The van der Waals surface area contributed by atoms with Crippen LogP contribution in [-0.2, 0) is 4.79 Å². The third-order valence-corrected chi connectivity index (χ3v) is 3.98. The maximum atomic E-state index is 12.3. The van der Waals surface area contributed by atoms with Crippen LogP contribution < -0.4 is 5.73 Å². The van der Waals surface area contributed by atoms with Crippen molar-refractivity contribution in [1.29, 1.82) is 0 Å². The smallest absolute Gasteiger partial charge is 0.233 e. The summed E-state index contributed by atoms with van der Waals surface area (Å²) in [4.78, 5) is 15.2. The van der Waals surface area contributed by atoms with Crippen molar-refractivity contribution in [3.63, 3.8) is 0 Å². The molecule has 0 radical (unpaired) electrons. The maximum absolute atomic E-state index is 12.3. The number of nitrogens with zero attached hydrogens (tertiary/aromatic N) is 1. The number of anilines is 1. The van der Waals surface area contributed by atoms with E-state index in [0.29, 0.717) is 5.75 Å². The van der Waals surface area contributed by atoms with Gasteiger partial charge < -0.3 is 10.6 Å². The number of rotatable bonds is 5. The minimum atomic E-state index is 0.163. The van der Waals surface area contributed by atoms with Gasteiger partial charge in [0, 0.05) is 22.7 Å². The molecule has 0 saturated carbocycles. The van der Waals surface area contributed by atoms with Gasteiger partial charge >= 0.3 is 0 Å². The Morgan fingerprint density at radius 3 is 2.37 bits per heavy atom. The van der Waals surface area contributed by atoms with Crippen LogP contribution in [0, 0.1) is 6.92 Å². The lowest BCUT2D eigenvalue weighted by molar-refractivity contribution is -0.131. The highest BCUT2D eigenvalue weighted by Crippen LogP contribution is 2.26. The number of carbonyl (C=O) groups excluding carboxylic acids is 1. The molecule has 2 N–H and O–H groups in total. The van der Waals surface area contributed by atoms with Gasteiger partial charge in [-0.2, -0.15) is 0 Å². The lowest BCUT2D eigenvalue weighted by Crippen LogP contribution is -2.43. The molecule has 0 aliphatic rings. The van der Waals surface area contributed by atoms with Crippen molar-refractivity contribution in [3.8, 4) is 0 Å². The molecule has 0 saturated heterocycles. The molecule has 0 unspecified atom stereocenters. The number of amides is 1. The first kappa shape index (κ1) is 15.9. The molecular weight excluding hydrogens is 256 g/mol. The van der Waals surface area contributed by atoms with Gasteiger partial charge in [-0.25, -0.2) is 0 Å². The van der Waals surface area contributed by atoms with Crippen molar-refractivity contribution in [2.45, 2.75) is 51.6 Å². The second-order valence-corrected chi connectivity index (χ2v) is 6.34. The maximum Gasteiger partial charge on any atom is 0.233 e. The Kier molecular flexibility index (Phi) is 5.73. The normalized spacial score (nSPS) is 11.1. The van der Waals surface area contributed by atoms with Gasteiger partial charge in [-0.15, -0.1) is 11.8 Å². The average Bonchev–Trinajstić information content (AvgIpc) is 2.29. The molecule has 0 aromatic heterocycles. The van der Waals surface area contributed by atoms with E-state index in [9.17, 15) is 4.79 Å². The van der Waals surface area contributed by atoms with Crippen LogP contribution in [0.5, 0.6) is 0 Å². The van der Waals surface area contributed by atoms with E-state index in [1.54, 1.807) is 0 Å². The van der Waals surface area contributed by atoms with E-state index in [1.807, 2.05) is 57.7 Å². The van der Waals surface area contributed by atoms with E-state index in [1.165, 1.54) is 11.8 Å². The molecule has 1 aromatic carbocycles. The van der Waals surface area contributed by atoms with Crippen molar-refractivity contribution in [3.05, 3.63) is 23.8 Å². The minimum absolute atomic E-state index is 0.163. The second kappa shape index (κ2) is 6.85. The number of nitrogens with two attached hydrogens (primary N) is 1. The molecule has 1 aromatic rings. The number of nitrogen functional groups attached to an aromatic ring is 1. The Morgan fingerprint density at radius 2 is 1.84 bits per heavy atom. The number of benzene rings is 1. The van der Waals surface area contributed by atoms with E-state index >= 15 is 0 Å². The molecule has 19 heavy (non-hydrogen) atoms. The Balaban J connectivity index is 2.70. The SMILES string of the molecule is Cc1ccc(N)c(SCC(=O)N(C(C)C)C(C)C)c1. The predicted octanol–water partition coefficient (Wildman–Crippen LogP) is 3.31. The van der Waals surface area contributed by atoms with Crippen LogP contribution >= 0.6 is 11.8 Å². The first-order chi connectivity index (χ1) is 8.82. The van der Waals surface area contributed by atoms with E-state index in [0.717, 1.165) is 16.1 Å². The Labute approximate surface area is 120 Å². The summed E-state index contributed by atoms with van der Waals surface area (Å²) in [5.74, 6) is 0.597. The van der Waals surface area contributed by atoms with Gasteiger partial charge in [0.2, 0.25) is 5.91 Å². The second-order valence-electron chi connectivity index (χ2n) is 5.32. The molecular formula is C15H24N2OS. The van der Waals surface area contributed by atoms with E-state index in [-0.39, 0.29) is 18.0 Å². The molecule has 106 valence electrons. The third-order valence-electron chi connectivity index (χ3n) is 2.92. The van der Waals surface area contributed by atoms with E-state index in [4.69, 9.17) is 5.73 Å². The quantitative estimate of drug-likeness (QED) is 0.665. The summed E-state index contributed by atoms with van der Waals surface area (Å²) in [6.07, 6.45) is 0. The van der Waals surface area contributed by atoms with Gasteiger partial charge in [0.25, 0.3) is 0 Å². The summed E-state index contributed by atoms with van der Waals surface area (Å²) in [5.41, 5.74) is 7.83. The van der Waals surface area contributed by atoms with Crippen LogP contribution in [0.15, 0.2) is 23.1 Å². The summed E-state index contributed by atoms with van der Waals surface area (Å²) in [6.45, 7) is 10.2. The third kappa shape index (κ3) is 4.46. The fraction of sp³-hybridized carbons (Fsp3) is 0.533. The molecule has 1 amide bonds. The molecule has 0 aliphatic carbocycles. The lowest BCUT2D eigenvalue weighted by Gasteiger charge is -2.30. The van der Waals surface area contributed by atoms with Crippen LogP contribution in [0.25, 0.3) is 0 Å². The minimum Gasteiger partial charge on any atom is -0.398 e. The first-order valence-electron chi connectivity index (χ1n) is 6.63. The topological polar surface area (TPSA) is 46.3 Å². The van der Waals surface area contributed by atoms with Crippen LogP contribution in [-0.4, -0.2) is 28.6 Å². The van der Waals surface area contributed by atoms with Crippen LogP contribution in [0.4, 0.5) is 5.69 Å². The standard InChI is InChI=1S/C15H24N2OS/c1-10(2)17(11(3)4)15(18)9-19-14-8-12(5)6-7-13(14)16/h6-8,10-11H,9,16H2,1-5H3.